The summed E-state index contributed by atoms with van der Waals surface area (Å²) in [5.41, 5.74) is 6.45. The lowest BCUT2D eigenvalue weighted by Gasteiger charge is -2.39. The summed E-state index contributed by atoms with van der Waals surface area (Å²) in [6, 6.07) is 15.3. The Morgan fingerprint density at radius 2 is 1.88 bits per heavy atom. The second kappa shape index (κ2) is 10.3. The summed E-state index contributed by atoms with van der Waals surface area (Å²) in [6.45, 7) is 12.2. The first kappa shape index (κ1) is 23.1. The molecule has 0 bridgehead atoms. The minimum absolute atomic E-state index is 0.399. The van der Waals surface area contributed by atoms with Crippen molar-refractivity contribution in [3.8, 4) is 5.75 Å². The molecule has 2 aliphatic rings. The predicted octanol–water partition coefficient (Wildman–Crippen LogP) is 4.64. The van der Waals surface area contributed by atoms with Gasteiger partial charge in [-0.05, 0) is 86.2 Å². The van der Waals surface area contributed by atoms with Gasteiger partial charge in [-0.25, -0.2) is 0 Å². The van der Waals surface area contributed by atoms with Crippen molar-refractivity contribution in [2.24, 2.45) is 0 Å². The third-order valence-corrected chi connectivity index (χ3v) is 7.78. The fourth-order valence-corrected chi connectivity index (χ4v) is 5.86. The molecular formula is C29H38N4O. The van der Waals surface area contributed by atoms with Crippen molar-refractivity contribution in [1.82, 2.24) is 14.8 Å². The van der Waals surface area contributed by atoms with Crippen LogP contribution in [0.1, 0.15) is 36.5 Å². The van der Waals surface area contributed by atoms with Crippen LogP contribution >= 0.6 is 0 Å². The summed E-state index contributed by atoms with van der Waals surface area (Å²) in [5, 5.41) is 11.2. The van der Waals surface area contributed by atoms with Gasteiger partial charge in [0.05, 0.1) is 5.52 Å². The van der Waals surface area contributed by atoms with Crippen molar-refractivity contribution in [3.05, 3.63) is 65.4 Å². The largest absolute Gasteiger partial charge is 0.508 e. The number of pyridine rings is 1. The molecule has 3 aromatic rings. The Hall–Kier alpha value is -2.63. The summed E-state index contributed by atoms with van der Waals surface area (Å²) in [5.74, 6) is 0.399. The summed E-state index contributed by atoms with van der Waals surface area (Å²) >= 11 is 0. The van der Waals surface area contributed by atoms with E-state index in [9.17, 15) is 5.11 Å². The summed E-state index contributed by atoms with van der Waals surface area (Å²) < 4.78 is 0. The Morgan fingerprint density at radius 1 is 1.03 bits per heavy atom. The number of aromatic nitrogens is 1. The monoisotopic (exact) mass is 458 g/mol. The highest BCUT2D eigenvalue weighted by molar-refractivity contribution is 5.93. The Kier molecular flexibility index (Phi) is 7.02. The normalized spacial score (nSPS) is 19.0. The van der Waals surface area contributed by atoms with Crippen molar-refractivity contribution < 1.29 is 5.11 Å². The number of anilines is 1. The number of fused-ring (bicyclic) bond motifs is 2. The zero-order chi connectivity index (χ0) is 23.5. The minimum atomic E-state index is 0.399. The van der Waals surface area contributed by atoms with Gasteiger partial charge in [-0.15, -0.1) is 0 Å². The summed E-state index contributed by atoms with van der Waals surface area (Å²) in [7, 11) is 0. The summed E-state index contributed by atoms with van der Waals surface area (Å²) in [4.78, 5) is 12.5. The molecule has 2 heterocycles. The maximum atomic E-state index is 9.94. The number of aromatic hydroxyl groups is 1. The molecule has 1 aliphatic heterocycles. The third-order valence-electron chi connectivity index (χ3n) is 7.78. The van der Waals surface area contributed by atoms with E-state index in [1.54, 1.807) is 0 Å². The maximum Gasteiger partial charge on any atom is 0.115 e. The second-order valence-corrected chi connectivity index (χ2v) is 10.0. The number of aryl methyl sites for hydroxylation is 2. The van der Waals surface area contributed by atoms with Crippen LogP contribution in [0.2, 0.25) is 0 Å². The molecule has 1 fully saturated rings. The van der Waals surface area contributed by atoms with Crippen LogP contribution in [0.25, 0.3) is 10.9 Å². The molecule has 1 N–H and O–H groups in total. The number of hydrogen-bond donors (Lipinski definition) is 1. The van der Waals surface area contributed by atoms with Crippen LogP contribution in [-0.4, -0.2) is 71.7 Å². The van der Waals surface area contributed by atoms with Crippen LogP contribution in [0.5, 0.6) is 5.75 Å². The smallest absolute Gasteiger partial charge is 0.115 e. The van der Waals surface area contributed by atoms with Crippen molar-refractivity contribution in [2.75, 3.05) is 50.7 Å². The Labute approximate surface area is 204 Å². The quantitative estimate of drug-likeness (QED) is 0.559. The molecule has 1 atom stereocenters. The lowest BCUT2D eigenvalue weighted by molar-refractivity contribution is 0.145. The molecule has 180 valence electrons. The van der Waals surface area contributed by atoms with Crippen LogP contribution in [0.15, 0.2) is 48.7 Å². The number of piperazine rings is 1. The number of nitrogens with zero attached hydrogens (tertiary/aromatic N) is 4. The van der Waals surface area contributed by atoms with Crippen molar-refractivity contribution >= 4 is 16.6 Å². The highest BCUT2D eigenvalue weighted by Gasteiger charge is 2.25. The van der Waals surface area contributed by atoms with Gasteiger partial charge >= 0.3 is 0 Å². The fraction of sp³-hybridized carbons (Fsp3) is 0.483. The molecule has 2 aromatic carbocycles. The zero-order valence-electron chi connectivity index (χ0n) is 20.7. The van der Waals surface area contributed by atoms with E-state index >= 15 is 0 Å². The van der Waals surface area contributed by atoms with E-state index in [0.717, 1.165) is 64.2 Å². The first-order valence-electron chi connectivity index (χ1n) is 13.0. The zero-order valence-corrected chi connectivity index (χ0v) is 20.7. The summed E-state index contributed by atoms with van der Waals surface area (Å²) in [6.07, 6.45) is 6.49. The van der Waals surface area contributed by atoms with Gasteiger partial charge in [0.25, 0.3) is 0 Å². The average molecular weight is 459 g/mol. The van der Waals surface area contributed by atoms with Gasteiger partial charge in [0, 0.05) is 62.6 Å². The van der Waals surface area contributed by atoms with Crippen LogP contribution < -0.4 is 4.90 Å². The number of phenolic OH excluding ortho intramolecular Hbond substituents is 1. The van der Waals surface area contributed by atoms with Crippen LogP contribution in [0, 0.1) is 6.92 Å². The van der Waals surface area contributed by atoms with Crippen LogP contribution in [0.4, 0.5) is 5.69 Å². The fourth-order valence-electron chi connectivity index (χ4n) is 5.86. The number of rotatable bonds is 7. The molecule has 0 radical (unpaired) electrons. The van der Waals surface area contributed by atoms with Crippen LogP contribution in [0.3, 0.4) is 0 Å². The molecule has 5 rings (SSSR count). The average Bonchev–Trinajstić information content (AvgIpc) is 2.87. The van der Waals surface area contributed by atoms with E-state index in [1.165, 1.54) is 40.6 Å². The van der Waals surface area contributed by atoms with Crippen molar-refractivity contribution in [3.63, 3.8) is 0 Å². The molecule has 1 unspecified atom stereocenters. The molecule has 5 nitrogen and oxygen atoms in total. The number of hydrogen-bond acceptors (Lipinski definition) is 5. The Bertz CT molecular complexity index is 1120. The first-order chi connectivity index (χ1) is 16.6. The third kappa shape index (κ3) is 4.91. The molecule has 1 aromatic heterocycles. The standard InChI is InChI=1S/C29H38N4O/c1-3-13-32(25-9-7-23-8-10-26(34)21-24(23)20-25)17-14-31-15-18-33(19-16-31)28-11-6-22(2)29-27(28)5-4-12-30-29/h4-6,8,10-12,21,25,34H,3,7,9,13-20H2,1-2H3. The van der Waals surface area contributed by atoms with Crippen molar-refractivity contribution in [2.45, 2.75) is 45.6 Å². The first-order valence-corrected chi connectivity index (χ1v) is 13.0. The van der Waals surface area contributed by atoms with Crippen LogP contribution in [-0.2, 0) is 12.8 Å². The second-order valence-electron chi connectivity index (χ2n) is 10.0. The number of phenols is 1. The lowest BCUT2D eigenvalue weighted by atomic mass is 9.87. The van der Waals surface area contributed by atoms with Gasteiger partial charge in [0.2, 0.25) is 0 Å². The van der Waals surface area contributed by atoms with E-state index in [-0.39, 0.29) is 0 Å². The van der Waals surface area contributed by atoms with Crippen molar-refractivity contribution in [1.29, 1.82) is 0 Å². The molecule has 0 amide bonds. The SMILES string of the molecule is CCCN(CCN1CCN(c2ccc(C)c3ncccc23)CC1)C1CCc2ccc(O)cc2C1. The van der Waals surface area contributed by atoms with Gasteiger partial charge in [-0.3, -0.25) is 14.8 Å². The number of benzene rings is 2. The molecular weight excluding hydrogens is 420 g/mol. The van der Waals surface area contributed by atoms with E-state index in [2.05, 4.69) is 63.9 Å². The molecule has 0 spiro atoms. The molecule has 1 saturated heterocycles. The molecule has 5 heteroatoms. The lowest BCUT2D eigenvalue weighted by Crippen LogP contribution is -2.50. The highest BCUT2D eigenvalue weighted by atomic mass is 16.3. The van der Waals surface area contributed by atoms with E-state index in [1.807, 2.05) is 18.3 Å². The van der Waals surface area contributed by atoms with E-state index < -0.39 is 0 Å². The van der Waals surface area contributed by atoms with E-state index in [0.29, 0.717) is 11.8 Å². The maximum absolute atomic E-state index is 9.94. The van der Waals surface area contributed by atoms with Gasteiger partial charge < -0.3 is 10.0 Å². The molecule has 0 saturated carbocycles. The van der Waals surface area contributed by atoms with Gasteiger partial charge in [-0.1, -0.05) is 19.1 Å². The molecule has 1 aliphatic carbocycles. The Balaban J connectivity index is 1.18. The van der Waals surface area contributed by atoms with Gasteiger partial charge in [-0.2, -0.15) is 0 Å². The van der Waals surface area contributed by atoms with Gasteiger partial charge in [0.1, 0.15) is 5.75 Å². The topological polar surface area (TPSA) is 42.8 Å². The highest BCUT2D eigenvalue weighted by Crippen LogP contribution is 2.29. The van der Waals surface area contributed by atoms with E-state index in [4.69, 9.17) is 0 Å². The van der Waals surface area contributed by atoms with Gasteiger partial charge in [0.15, 0.2) is 0 Å². The Morgan fingerprint density at radius 3 is 2.71 bits per heavy atom. The minimum Gasteiger partial charge on any atom is -0.508 e. The molecule has 34 heavy (non-hydrogen) atoms. The predicted molar refractivity (Wildman–Crippen MR) is 141 cm³/mol.